The highest BCUT2D eigenvalue weighted by atomic mass is 32.2. The lowest BCUT2D eigenvalue weighted by atomic mass is 10.2. The van der Waals surface area contributed by atoms with Crippen molar-refractivity contribution in [3.8, 4) is 0 Å². The highest BCUT2D eigenvalue weighted by molar-refractivity contribution is 8.26. The summed E-state index contributed by atoms with van der Waals surface area (Å²) in [5.74, 6) is 0.373. The Hall–Kier alpha value is -2.98. The van der Waals surface area contributed by atoms with Gasteiger partial charge in [-0.25, -0.2) is 9.97 Å². The summed E-state index contributed by atoms with van der Waals surface area (Å²) in [6, 6.07) is 3.92. The Morgan fingerprint density at radius 3 is 2.85 bits per heavy atom. The van der Waals surface area contributed by atoms with Crippen molar-refractivity contribution in [3.63, 3.8) is 0 Å². The second-order valence-electron chi connectivity index (χ2n) is 8.63. The van der Waals surface area contributed by atoms with Crippen LogP contribution in [0.4, 0.5) is 5.82 Å². The minimum absolute atomic E-state index is 0.110. The van der Waals surface area contributed by atoms with Gasteiger partial charge in [0.25, 0.3) is 11.5 Å². The van der Waals surface area contributed by atoms with Crippen molar-refractivity contribution in [1.82, 2.24) is 23.8 Å². The van der Waals surface area contributed by atoms with Gasteiger partial charge in [-0.2, -0.15) is 0 Å². The number of pyridine rings is 1. The van der Waals surface area contributed by atoms with Crippen molar-refractivity contribution in [3.05, 3.63) is 63.4 Å². The molecule has 1 saturated heterocycles. The van der Waals surface area contributed by atoms with Crippen molar-refractivity contribution < 1.29 is 4.79 Å². The number of thioether (sulfide) groups is 1. The fourth-order valence-corrected chi connectivity index (χ4v) is 5.93. The van der Waals surface area contributed by atoms with E-state index in [1.54, 1.807) is 29.7 Å². The zero-order chi connectivity index (χ0) is 23.7. The lowest BCUT2D eigenvalue weighted by Gasteiger charge is -2.21. The van der Waals surface area contributed by atoms with Crippen LogP contribution in [-0.2, 0) is 11.3 Å². The van der Waals surface area contributed by atoms with E-state index in [-0.39, 0.29) is 17.5 Å². The van der Waals surface area contributed by atoms with E-state index >= 15 is 0 Å². The molecule has 8 nitrogen and oxygen atoms in total. The summed E-state index contributed by atoms with van der Waals surface area (Å²) in [6.07, 6.45) is 13.8. The minimum Gasteiger partial charge on any atom is -0.369 e. The molecule has 3 aromatic heterocycles. The minimum atomic E-state index is -0.211. The Bertz CT molecular complexity index is 1330. The standard InChI is InChI=1S/C24H26N6O2S2/c1-16-6-4-12-29-21(16)27-20(26-9-5-11-28-13-10-25-15-28)18(22(29)31)14-19-23(32)30(24(33)34-19)17-7-2-3-8-17/h4,6,10,12-15,17,26H,2-3,5,7-9,11H2,1H3. The van der Waals surface area contributed by atoms with Crippen LogP contribution in [0.5, 0.6) is 0 Å². The predicted octanol–water partition coefficient (Wildman–Crippen LogP) is 3.85. The monoisotopic (exact) mass is 494 g/mol. The Labute approximate surface area is 207 Å². The number of nitrogens with zero attached hydrogens (tertiary/aromatic N) is 5. The zero-order valence-electron chi connectivity index (χ0n) is 18.9. The first kappa shape index (κ1) is 22.8. The number of carbonyl (C=O) groups excluding carboxylic acids is 1. The Kier molecular flexibility index (Phi) is 6.51. The van der Waals surface area contributed by atoms with E-state index in [1.807, 2.05) is 29.8 Å². The van der Waals surface area contributed by atoms with Crippen LogP contribution in [0.25, 0.3) is 11.7 Å². The molecule has 1 aliphatic heterocycles. The first-order chi connectivity index (χ1) is 16.5. The summed E-state index contributed by atoms with van der Waals surface area (Å²) in [5.41, 5.74) is 1.66. The van der Waals surface area contributed by atoms with E-state index in [9.17, 15) is 9.59 Å². The van der Waals surface area contributed by atoms with E-state index < -0.39 is 0 Å². The van der Waals surface area contributed by atoms with Gasteiger partial charge in [-0.1, -0.05) is 42.9 Å². The first-order valence-electron chi connectivity index (χ1n) is 11.5. The van der Waals surface area contributed by atoms with E-state index in [1.165, 1.54) is 16.2 Å². The SMILES string of the molecule is Cc1cccn2c(=O)c(C=C3SC(=S)N(C4CCCC4)C3=O)c(NCCCn3ccnc3)nc12. The van der Waals surface area contributed by atoms with Gasteiger partial charge in [0.15, 0.2) is 0 Å². The van der Waals surface area contributed by atoms with Gasteiger partial charge in [0, 0.05) is 37.7 Å². The van der Waals surface area contributed by atoms with Crippen LogP contribution < -0.4 is 10.9 Å². The lowest BCUT2D eigenvalue weighted by Crippen LogP contribution is -2.36. The van der Waals surface area contributed by atoms with Crippen molar-refractivity contribution in [2.75, 3.05) is 11.9 Å². The highest BCUT2D eigenvalue weighted by Crippen LogP contribution is 2.38. The van der Waals surface area contributed by atoms with Crippen molar-refractivity contribution in [2.45, 2.75) is 51.6 Å². The van der Waals surface area contributed by atoms with Gasteiger partial charge in [0.1, 0.15) is 15.8 Å². The Balaban J connectivity index is 1.48. The number of aromatic nitrogens is 4. The van der Waals surface area contributed by atoms with Crippen LogP contribution in [0.15, 0.2) is 46.8 Å². The van der Waals surface area contributed by atoms with Gasteiger partial charge < -0.3 is 9.88 Å². The van der Waals surface area contributed by atoms with Crippen LogP contribution in [0, 0.1) is 6.92 Å². The molecule has 1 N–H and O–H groups in total. The van der Waals surface area contributed by atoms with Gasteiger partial charge >= 0.3 is 0 Å². The molecule has 2 aliphatic rings. The number of imidazole rings is 1. The topological polar surface area (TPSA) is 84.5 Å². The Morgan fingerprint density at radius 1 is 1.26 bits per heavy atom. The molecule has 4 heterocycles. The van der Waals surface area contributed by atoms with Crippen molar-refractivity contribution in [1.29, 1.82) is 0 Å². The quantitative estimate of drug-likeness (QED) is 0.303. The van der Waals surface area contributed by atoms with Gasteiger partial charge in [0.2, 0.25) is 0 Å². The van der Waals surface area contributed by atoms with Crippen molar-refractivity contribution in [2.24, 2.45) is 0 Å². The number of fused-ring (bicyclic) bond motifs is 1. The largest absolute Gasteiger partial charge is 0.369 e. The molecule has 0 spiro atoms. The molecule has 1 amide bonds. The number of amides is 1. The third-order valence-corrected chi connectivity index (χ3v) is 7.65. The summed E-state index contributed by atoms with van der Waals surface area (Å²) >= 11 is 6.81. The van der Waals surface area contributed by atoms with Gasteiger partial charge in [-0.3, -0.25) is 18.9 Å². The number of rotatable bonds is 7. The smallest absolute Gasteiger partial charge is 0.267 e. The maximum atomic E-state index is 13.5. The molecule has 1 saturated carbocycles. The number of nitrogens with one attached hydrogen (secondary N) is 1. The number of carbonyl (C=O) groups is 1. The molecule has 0 radical (unpaired) electrons. The molecule has 5 rings (SSSR count). The highest BCUT2D eigenvalue weighted by Gasteiger charge is 2.38. The van der Waals surface area contributed by atoms with E-state index in [4.69, 9.17) is 17.2 Å². The fraction of sp³-hybridized carbons (Fsp3) is 0.375. The molecule has 1 aliphatic carbocycles. The van der Waals surface area contributed by atoms with Crippen LogP contribution in [-0.4, -0.2) is 46.6 Å². The number of thiocarbonyl (C=S) groups is 1. The molecule has 0 bridgehead atoms. The molecular weight excluding hydrogens is 468 g/mol. The van der Waals surface area contributed by atoms with Gasteiger partial charge in [-0.05, 0) is 43.9 Å². The summed E-state index contributed by atoms with van der Waals surface area (Å²) in [6.45, 7) is 3.35. The molecule has 3 aromatic rings. The molecule has 34 heavy (non-hydrogen) atoms. The van der Waals surface area contributed by atoms with E-state index in [0.29, 0.717) is 32.8 Å². The van der Waals surface area contributed by atoms with Crippen LogP contribution in [0.3, 0.4) is 0 Å². The van der Waals surface area contributed by atoms with E-state index in [0.717, 1.165) is 44.2 Å². The van der Waals surface area contributed by atoms with Crippen LogP contribution >= 0.6 is 24.0 Å². The molecule has 0 atom stereocenters. The van der Waals surface area contributed by atoms with Crippen molar-refractivity contribution >= 4 is 51.7 Å². The second kappa shape index (κ2) is 9.71. The van der Waals surface area contributed by atoms with Gasteiger partial charge in [0.05, 0.1) is 16.8 Å². The number of aryl methyl sites for hydroxylation is 2. The fourth-order valence-electron chi connectivity index (χ4n) is 4.55. The number of anilines is 1. The summed E-state index contributed by atoms with van der Waals surface area (Å²) in [4.78, 5) is 37.8. The third kappa shape index (κ3) is 4.39. The Morgan fingerprint density at radius 2 is 2.09 bits per heavy atom. The molecule has 0 unspecified atom stereocenters. The normalized spacial score (nSPS) is 18.0. The zero-order valence-corrected chi connectivity index (χ0v) is 20.6. The molecule has 10 heteroatoms. The third-order valence-electron chi connectivity index (χ3n) is 6.32. The molecule has 176 valence electrons. The van der Waals surface area contributed by atoms with Crippen LogP contribution in [0.1, 0.15) is 43.2 Å². The van der Waals surface area contributed by atoms with E-state index in [2.05, 4.69) is 10.3 Å². The maximum Gasteiger partial charge on any atom is 0.267 e. The molecule has 2 fully saturated rings. The lowest BCUT2D eigenvalue weighted by molar-refractivity contribution is -0.123. The summed E-state index contributed by atoms with van der Waals surface area (Å²) < 4.78 is 4.11. The molecular formula is C24H26N6O2S2. The van der Waals surface area contributed by atoms with Gasteiger partial charge in [-0.15, -0.1) is 0 Å². The summed E-state index contributed by atoms with van der Waals surface area (Å²) in [5, 5.41) is 3.33. The maximum absolute atomic E-state index is 13.5. The second-order valence-corrected chi connectivity index (χ2v) is 10.3. The average molecular weight is 495 g/mol. The molecule has 0 aromatic carbocycles. The number of hydrogen-bond donors (Lipinski definition) is 1. The average Bonchev–Trinajstić information content (AvgIpc) is 3.57. The number of hydrogen-bond acceptors (Lipinski definition) is 7. The predicted molar refractivity (Wildman–Crippen MR) is 139 cm³/mol. The van der Waals surface area contributed by atoms with Crippen LogP contribution in [0.2, 0.25) is 0 Å². The first-order valence-corrected chi connectivity index (χ1v) is 12.7. The summed E-state index contributed by atoms with van der Waals surface area (Å²) in [7, 11) is 0.